The predicted molar refractivity (Wildman–Crippen MR) is 103 cm³/mol. The molecule has 3 heterocycles. The third-order valence-electron chi connectivity index (χ3n) is 3.98. The smallest absolute Gasteiger partial charge is 0.255 e. The number of hydrogen-bond acceptors (Lipinski definition) is 8. The number of rotatable bonds is 6. The minimum atomic E-state index is -1.62. The van der Waals surface area contributed by atoms with Crippen LogP contribution in [-0.2, 0) is 0 Å². The Morgan fingerprint density at radius 3 is 2.79 bits per heavy atom. The maximum Gasteiger partial charge on any atom is 0.255 e. The van der Waals surface area contributed by atoms with Crippen LogP contribution in [0.3, 0.4) is 0 Å². The summed E-state index contributed by atoms with van der Waals surface area (Å²) in [7, 11) is 0. The molecule has 0 bridgehead atoms. The number of nitrogen functional groups attached to an aromatic ring is 1. The molecule has 5 N–H and O–H groups in total. The standard InChI is InChI=1S/C18H20FN7O2/c1-18(2,28)14(19)9-23-16(27)10-7-22-15(6-11(10)20)26-17-24-8-13-12(25-17)4-3-5-21-13/h3-8,14,28H,9H2,1-2H3,(H,23,27)(H3,20,22,24,25,26). The fourth-order valence-electron chi connectivity index (χ4n) is 2.30. The summed E-state index contributed by atoms with van der Waals surface area (Å²) in [5, 5.41) is 14.9. The fourth-order valence-corrected chi connectivity index (χ4v) is 2.30. The van der Waals surface area contributed by atoms with Crippen molar-refractivity contribution in [2.45, 2.75) is 25.6 Å². The highest BCUT2D eigenvalue weighted by atomic mass is 19.1. The second-order valence-electron chi connectivity index (χ2n) is 6.71. The van der Waals surface area contributed by atoms with Gasteiger partial charge in [0, 0.05) is 24.1 Å². The van der Waals surface area contributed by atoms with Crippen LogP contribution in [0, 0.1) is 0 Å². The molecule has 0 saturated heterocycles. The van der Waals surface area contributed by atoms with E-state index in [0.717, 1.165) is 0 Å². The molecule has 3 rings (SSSR count). The number of halogens is 1. The average Bonchev–Trinajstić information content (AvgIpc) is 2.65. The third-order valence-corrected chi connectivity index (χ3v) is 3.98. The van der Waals surface area contributed by atoms with Crippen molar-refractivity contribution in [2.24, 2.45) is 0 Å². The van der Waals surface area contributed by atoms with Crippen molar-refractivity contribution in [3.8, 4) is 0 Å². The Kier molecular flexibility index (Phi) is 5.32. The molecule has 0 aliphatic carbocycles. The van der Waals surface area contributed by atoms with Crippen molar-refractivity contribution in [3.63, 3.8) is 0 Å². The molecule has 28 heavy (non-hydrogen) atoms. The zero-order chi connectivity index (χ0) is 20.3. The van der Waals surface area contributed by atoms with E-state index in [2.05, 4.69) is 30.6 Å². The Labute approximate surface area is 160 Å². The molecular weight excluding hydrogens is 365 g/mol. The van der Waals surface area contributed by atoms with Gasteiger partial charge in [0.1, 0.15) is 17.5 Å². The molecule has 0 aliphatic heterocycles. The molecule has 1 amide bonds. The molecule has 0 spiro atoms. The number of hydrogen-bond donors (Lipinski definition) is 4. The molecule has 9 nitrogen and oxygen atoms in total. The lowest BCUT2D eigenvalue weighted by atomic mass is 10.0. The minimum Gasteiger partial charge on any atom is -0.398 e. The summed E-state index contributed by atoms with van der Waals surface area (Å²) in [5.74, 6) is 0.0590. The zero-order valence-electron chi connectivity index (χ0n) is 15.3. The molecule has 3 aromatic rings. The average molecular weight is 385 g/mol. The first-order valence-electron chi connectivity index (χ1n) is 8.49. The summed E-state index contributed by atoms with van der Waals surface area (Å²) >= 11 is 0. The van der Waals surface area contributed by atoms with Crippen molar-refractivity contribution in [1.29, 1.82) is 0 Å². The molecular formula is C18H20FN7O2. The molecule has 1 unspecified atom stereocenters. The van der Waals surface area contributed by atoms with Crippen molar-refractivity contribution >= 4 is 34.4 Å². The SMILES string of the molecule is CC(C)(O)C(F)CNC(=O)c1cnc(Nc2ncc3ncccc3n2)cc1N. The largest absolute Gasteiger partial charge is 0.398 e. The van der Waals surface area contributed by atoms with Gasteiger partial charge in [-0.05, 0) is 26.0 Å². The van der Waals surface area contributed by atoms with Crippen LogP contribution >= 0.6 is 0 Å². The summed E-state index contributed by atoms with van der Waals surface area (Å²) in [6.07, 6.45) is 2.88. The van der Waals surface area contributed by atoms with Crippen LogP contribution in [0.15, 0.2) is 36.8 Å². The molecule has 0 aliphatic rings. The van der Waals surface area contributed by atoms with E-state index < -0.39 is 17.7 Å². The number of fused-ring (bicyclic) bond motifs is 1. The van der Waals surface area contributed by atoms with Crippen LogP contribution in [0.25, 0.3) is 11.0 Å². The lowest BCUT2D eigenvalue weighted by Crippen LogP contribution is -2.42. The van der Waals surface area contributed by atoms with Gasteiger partial charge in [-0.1, -0.05) is 0 Å². The van der Waals surface area contributed by atoms with Crippen LogP contribution < -0.4 is 16.4 Å². The van der Waals surface area contributed by atoms with Crippen molar-refractivity contribution in [1.82, 2.24) is 25.3 Å². The second kappa shape index (κ2) is 7.69. The highest BCUT2D eigenvalue weighted by Gasteiger charge is 2.27. The van der Waals surface area contributed by atoms with E-state index in [-0.39, 0.29) is 17.8 Å². The number of carbonyl (C=O) groups excluding carboxylic acids is 1. The summed E-state index contributed by atoms with van der Waals surface area (Å²) in [6, 6.07) is 5.02. The van der Waals surface area contributed by atoms with E-state index in [4.69, 9.17) is 5.73 Å². The maximum atomic E-state index is 13.8. The molecule has 0 radical (unpaired) electrons. The Balaban J connectivity index is 1.70. The van der Waals surface area contributed by atoms with Gasteiger partial charge >= 0.3 is 0 Å². The van der Waals surface area contributed by atoms with Gasteiger partial charge in [-0.3, -0.25) is 9.78 Å². The Morgan fingerprint density at radius 2 is 2.07 bits per heavy atom. The number of carbonyl (C=O) groups is 1. The number of amides is 1. The summed E-state index contributed by atoms with van der Waals surface area (Å²) < 4.78 is 13.8. The lowest BCUT2D eigenvalue weighted by Gasteiger charge is -2.22. The van der Waals surface area contributed by atoms with Gasteiger partial charge < -0.3 is 21.5 Å². The highest BCUT2D eigenvalue weighted by molar-refractivity contribution is 5.99. The summed E-state index contributed by atoms with van der Waals surface area (Å²) in [4.78, 5) is 28.9. The Morgan fingerprint density at radius 1 is 1.29 bits per heavy atom. The number of alkyl halides is 1. The summed E-state index contributed by atoms with van der Waals surface area (Å²) in [6.45, 7) is 2.30. The van der Waals surface area contributed by atoms with E-state index in [1.165, 1.54) is 26.1 Å². The minimum absolute atomic E-state index is 0.0946. The zero-order valence-corrected chi connectivity index (χ0v) is 15.3. The Hall–Kier alpha value is -3.40. The molecule has 10 heteroatoms. The first-order chi connectivity index (χ1) is 13.2. The quantitative estimate of drug-likeness (QED) is 0.502. The maximum absolute atomic E-state index is 13.8. The van der Waals surface area contributed by atoms with Gasteiger partial charge in [0.15, 0.2) is 0 Å². The van der Waals surface area contributed by atoms with Gasteiger partial charge in [-0.25, -0.2) is 19.3 Å². The topological polar surface area (TPSA) is 139 Å². The van der Waals surface area contributed by atoms with Crippen LogP contribution in [-0.4, -0.2) is 49.3 Å². The first kappa shape index (κ1) is 19.4. The molecule has 0 aromatic carbocycles. The highest BCUT2D eigenvalue weighted by Crippen LogP contribution is 2.19. The van der Waals surface area contributed by atoms with E-state index >= 15 is 0 Å². The number of nitrogens with one attached hydrogen (secondary N) is 2. The molecule has 1 atom stereocenters. The van der Waals surface area contributed by atoms with Crippen molar-refractivity contribution < 1.29 is 14.3 Å². The van der Waals surface area contributed by atoms with Crippen LogP contribution in [0.4, 0.5) is 21.8 Å². The van der Waals surface area contributed by atoms with E-state index in [9.17, 15) is 14.3 Å². The number of nitrogens with two attached hydrogens (primary N) is 1. The van der Waals surface area contributed by atoms with Gasteiger partial charge in [-0.2, -0.15) is 0 Å². The number of anilines is 3. The van der Waals surface area contributed by atoms with E-state index in [1.54, 1.807) is 24.5 Å². The van der Waals surface area contributed by atoms with Crippen molar-refractivity contribution in [2.75, 3.05) is 17.6 Å². The normalized spacial score (nSPS) is 12.6. The van der Waals surface area contributed by atoms with Gasteiger partial charge in [0.2, 0.25) is 5.95 Å². The van der Waals surface area contributed by atoms with Gasteiger partial charge in [0.25, 0.3) is 5.91 Å². The van der Waals surface area contributed by atoms with Crippen LogP contribution in [0.1, 0.15) is 24.2 Å². The molecule has 3 aromatic heterocycles. The van der Waals surface area contributed by atoms with Gasteiger partial charge in [-0.15, -0.1) is 0 Å². The Bertz CT molecular complexity index is 1010. The number of nitrogens with zero attached hydrogens (tertiary/aromatic N) is 4. The third kappa shape index (κ3) is 4.46. The number of aliphatic hydroxyl groups is 1. The lowest BCUT2D eigenvalue weighted by molar-refractivity contribution is -0.00177. The second-order valence-corrected chi connectivity index (χ2v) is 6.71. The van der Waals surface area contributed by atoms with Crippen LogP contribution in [0.5, 0.6) is 0 Å². The predicted octanol–water partition coefficient (Wildman–Crippen LogP) is 1.58. The molecule has 0 saturated carbocycles. The van der Waals surface area contributed by atoms with Gasteiger partial charge in [0.05, 0.1) is 29.4 Å². The summed E-state index contributed by atoms with van der Waals surface area (Å²) in [5.41, 5.74) is 5.93. The number of pyridine rings is 2. The number of aromatic nitrogens is 4. The monoisotopic (exact) mass is 385 g/mol. The fraction of sp³-hybridized carbons (Fsp3) is 0.278. The molecule has 146 valence electrons. The molecule has 0 fully saturated rings. The first-order valence-corrected chi connectivity index (χ1v) is 8.49. The van der Waals surface area contributed by atoms with E-state index in [0.29, 0.717) is 22.8 Å². The van der Waals surface area contributed by atoms with E-state index in [1.807, 2.05) is 0 Å². The van der Waals surface area contributed by atoms with Crippen molar-refractivity contribution in [3.05, 3.63) is 42.4 Å². The van der Waals surface area contributed by atoms with Crippen LogP contribution in [0.2, 0.25) is 0 Å².